The Morgan fingerprint density at radius 3 is 2.92 bits per heavy atom. The van der Waals surface area contributed by atoms with Crippen LogP contribution in [0.15, 0.2) is 24.3 Å². The second-order valence-electron chi connectivity index (χ2n) is 2.44. The van der Waals surface area contributed by atoms with Crippen molar-refractivity contribution >= 4 is 17.7 Å². The van der Waals surface area contributed by atoms with Crippen molar-refractivity contribution in [2.45, 2.75) is 0 Å². The highest BCUT2D eigenvalue weighted by Gasteiger charge is 1.99. The fourth-order valence-electron chi connectivity index (χ4n) is 1.01. The quantitative estimate of drug-likeness (QED) is 0.682. The van der Waals surface area contributed by atoms with Gasteiger partial charge in [-0.15, -0.1) is 11.6 Å². The molecule has 0 aromatic heterocycles. The summed E-state index contributed by atoms with van der Waals surface area (Å²) >= 11 is 5.47. The summed E-state index contributed by atoms with van der Waals surface area (Å²) in [5.41, 5.74) is 0.697. The van der Waals surface area contributed by atoms with E-state index in [9.17, 15) is 4.39 Å². The van der Waals surface area contributed by atoms with Crippen molar-refractivity contribution in [1.82, 2.24) is 0 Å². The van der Waals surface area contributed by atoms with Gasteiger partial charge >= 0.3 is 0 Å². The van der Waals surface area contributed by atoms with Crippen molar-refractivity contribution in [2.24, 2.45) is 0 Å². The standard InChI is InChI=1S/C10H10ClFO/c1-13-10-5-4-9(12)7-8(10)3-2-6-11/h2-5,7H,6H2,1H3. The lowest BCUT2D eigenvalue weighted by atomic mass is 10.2. The SMILES string of the molecule is COc1ccc(F)cc1C=CCCl. The molecule has 0 bridgehead atoms. The topological polar surface area (TPSA) is 9.23 Å². The second-order valence-corrected chi connectivity index (χ2v) is 2.75. The molecule has 0 fully saturated rings. The van der Waals surface area contributed by atoms with Gasteiger partial charge < -0.3 is 4.74 Å². The summed E-state index contributed by atoms with van der Waals surface area (Å²) in [6.07, 6.45) is 3.47. The number of benzene rings is 1. The van der Waals surface area contributed by atoms with E-state index in [0.29, 0.717) is 17.2 Å². The average molecular weight is 201 g/mol. The van der Waals surface area contributed by atoms with Crippen molar-refractivity contribution in [2.75, 3.05) is 13.0 Å². The lowest BCUT2D eigenvalue weighted by Gasteiger charge is -2.03. The zero-order valence-electron chi connectivity index (χ0n) is 7.26. The van der Waals surface area contributed by atoms with Crippen LogP contribution in [0.1, 0.15) is 5.56 Å². The Hall–Kier alpha value is -1.02. The summed E-state index contributed by atoms with van der Waals surface area (Å²) in [4.78, 5) is 0. The van der Waals surface area contributed by atoms with Gasteiger partial charge in [-0.3, -0.25) is 0 Å². The zero-order valence-corrected chi connectivity index (χ0v) is 8.01. The molecule has 3 heteroatoms. The maximum atomic E-state index is 12.8. The minimum atomic E-state index is -0.282. The van der Waals surface area contributed by atoms with Gasteiger partial charge in [-0.2, -0.15) is 0 Å². The van der Waals surface area contributed by atoms with E-state index in [1.165, 1.54) is 12.1 Å². The fourth-order valence-corrected chi connectivity index (χ4v) is 1.10. The van der Waals surface area contributed by atoms with Gasteiger partial charge in [0.05, 0.1) is 7.11 Å². The van der Waals surface area contributed by atoms with E-state index >= 15 is 0 Å². The number of hydrogen-bond donors (Lipinski definition) is 0. The third kappa shape index (κ3) is 2.74. The summed E-state index contributed by atoms with van der Waals surface area (Å²) in [6, 6.07) is 4.35. The van der Waals surface area contributed by atoms with E-state index in [0.717, 1.165) is 0 Å². The second kappa shape index (κ2) is 4.87. The van der Waals surface area contributed by atoms with Gasteiger partial charge in [-0.25, -0.2) is 4.39 Å². The maximum absolute atomic E-state index is 12.8. The van der Waals surface area contributed by atoms with Gasteiger partial charge in [0.15, 0.2) is 0 Å². The molecule has 0 amide bonds. The van der Waals surface area contributed by atoms with Gasteiger partial charge in [0.1, 0.15) is 11.6 Å². The molecule has 0 aliphatic heterocycles. The highest BCUT2D eigenvalue weighted by Crippen LogP contribution is 2.20. The van der Waals surface area contributed by atoms with Crippen LogP contribution in [0, 0.1) is 5.82 Å². The molecule has 1 aromatic carbocycles. The van der Waals surface area contributed by atoms with Crippen LogP contribution in [0.3, 0.4) is 0 Å². The Morgan fingerprint density at radius 1 is 1.54 bits per heavy atom. The molecule has 0 spiro atoms. The van der Waals surface area contributed by atoms with Crippen LogP contribution >= 0.6 is 11.6 Å². The normalized spacial score (nSPS) is 10.7. The van der Waals surface area contributed by atoms with Crippen LogP contribution in [0.4, 0.5) is 4.39 Å². The van der Waals surface area contributed by atoms with E-state index in [2.05, 4.69) is 0 Å². The fraction of sp³-hybridized carbons (Fsp3) is 0.200. The summed E-state index contributed by atoms with van der Waals surface area (Å²) in [6.45, 7) is 0. The number of rotatable bonds is 3. The summed E-state index contributed by atoms with van der Waals surface area (Å²) in [7, 11) is 1.55. The number of methoxy groups -OCH3 is 1. The van der Waals surface area contributed by atoms with Crippen LogP contribution in [0.2, 0.25) is 0 Å². The third-order valence-corrected chi connectivity index (χ3v) is 1.76. The molecule has 0 aliphatic rings. The highest BCUT2D eigenvalue weighted by molar-refractivity contribution is 6.19. The molecule has 0 aliphatic carbocycles. The summed E-state index contributed by atoms with van der Waals surface area (Å²) in [5, 5.41) is 0. The predicted octanol–water partition coefficient (Wildman–Crippen LogP) is 3.09. The molecule has 1 aromatic rings. The van der Waals surface area contributed by atoms with Gasteiger partial charge in [0.2, 0.25) is 0 Å². The van der Waals surface area contributed by atoms with Crippen LogP contribution in [0.25, 0.3) is 6.08 Å². The zero-order chi connectivity index (χ0) is 9.68. The van der Waals surface area contributed by atoms with Crippen LogP contribution in [0.5, 0.6) is 5.75 Å². The van der Waals surface area contributed by atoms with Crippen molar-refractivity contribution in [3.05, 3.63) is 35.7 Å². The maximum Gasteiger partial charge on any atom is 0.126 e. The molecule has 0 unspecified atom stereocenters. The van der Waals surface area contributed by atoms with Crippen molar-refractivity contribution in [3.63, 3.8) is 0 Å². The first-order valence-electron chi connectivity index (χ1n) is 3.84. The average Bonchev–Trinajstić information content (AvgIpc) is 2.15. The van der Waals surface area contributed by atoms with Gasteiger partial charge in [-0.1, -0.05) is 12.2 Å². The first-order valence-corrected chi connectivity index (χ1v) is 4.37. The largest absolute Gasteiger partial charge is 0.496 e. The van der Waals surface area contributed by atoms with E-state index in [1.807, 2.05) is 0 Å². The van der Waals surface area contributed by atoms with E-state index in [4.69, 9.17) is 16.3 Å². The number of allylic oxidation sites excluding steroid dienone is 1. The number of halogens is 2. The minimum Gasteiger partial charge on any atom is -0.496 e. The van der Waals surface area contributed by atoms with Crippen molar-refractivity contribution in [3.8, 4) is 5.75 Å². The lowest BCUT2D eigenvalue weighted by Crippen LogP contribution is -1.87. The molecule has 13 heavy (non-hydrogen) atoms. The van der Waals surface area contributed by atoms with Gasteiger partial charge in [0.25, 0.3) is 0 Å². The molecule has 1 rings (SSSR count). The third-order valence-electron chi connectivity index (χ3n) is 1.58. The van der Waals surface area contributed by atoms with Crippen molar-refractivity contribution < 1.29 is 9.13 Å². The number of alkyl halides is 1. The molecule has 0 saturated heterocycles. The van der Waals surface area contributed by atoms with Crippen molar-refractivity contribution in [1.29, 1.82) is 0 Å². The first kappa shape index (κ1) is 10.1. The Balaban J connectivity index is 3.01. The molecule has 0 heterocycles. The molecule has 1 nitrogen and oxygen atoms in total. The molecular weight excluding hydrogens is 191 g/mol. The smallest absolute Gasteiger partial charge is 0.126 e. The molecule has 0 saturated carbocycles. The Morgan fingerprint density at radius 2 is 2.31 bits per heavy atom. The van der Waals surface area contributed by atoms with E-state index < -0.39 is 0 Å². The van der Waals surface area contributed by atoms with Crippen LogP contribution in [-0.2, 0) is 0 Å². The Labute approximate surface area is 81.8 Å². The monoisotopic (exact) mass is 200 g/mol. The summed E-state index contributed by atoms with van der Waals surface area (Å²) < 4.78 is 17.8. The molecule has 0 atom stereocenters. The van der Waals surface area contributed by atoms with Gasteiger partial charge in [0, 0.05) is 11.4 Å². The molecular formula is C10H10ClFO. The Bertz CT molecular complexity index is 310. The van der Waals surface area contributed by atoms with Crippen LogP contribution < -0.4 is 4.74 Å². The first-order chi connectivity index (χ1) is 6.27. The van der Waals surface area contributed by atoms with Gasteiger partial charge in [-0.05, 0) is 18.2 Å². The Kier molecular flexibility index (Phi) is 3.77. The van der Waals surface area contributed by atoms with Crippen LogP contribution in [-0.4, -0.2) is 13.0 Å². The molecule has 0 radical (unpaired) electrons. The highest BCUT2D eigenvalue weighted by atomic mass is 35.5. The number of ether oxygens (including phenoxy) is 1. The van der Waals surface area contributed by atoms with E-state index in [-0.39, 0.29) is 5.82 Å². The lowest BCUT2D eigenvalue weighted by molar-refractivity contribution is 0.412. The molecule has 0 N–H and O–H groups in total. The predicted molar refractivity (Wildman–Crippen MR) is 52.7 cm³/mol. The van der Waals surface area contributed by atoms with E-state index in [1.54, 1.807) is 25.3 Å². The summed E-state index contributed by atoms with van der Waals surface area (Å²) in [5.74, 6) is 0.762. The minimum absolute atomic E-state index is 0.282. The molecule has 70 valence electrons. The number of hydrogen-bond acceptors (Lipinski definition) is 1.